The third kappa shape index (κ3) is 4.33. The molecule has 1 saturated heterocycles. The minimum atomic E-state index is -0.736. The van der Waals surface area contributed by atoms with E-state index in [4.69, 9.17) is 5.11 Å². The molecule has 21 heavy (non-hydrogen) atoms. The maximum Gasteiger partial charge on any atom is 0.317 e. The number of hydrogen-bond donors (Lipinski definition) is 3. The molecule has 2 rings (SSSR count). The number of rotatable bonds is 4. The molecule has 3 N–H and O–H groups in total. The number of hydrogen-bond acceptors (Lipinski definition) is 3. The van der Waals surface area contributed by atoms with Crippen molar-refractivity contribution in [3.63, 3.8) is 0 Å². The van der Waals surface area contributed by atoms with Crippen molar-refractivity contribution in [3.8, 4) is 0 Å². The number of nitrogens with zero attached hydrogens (tertiary/aromatic N) is 1. The third-order valence-corrected chi connectivity index (χ3v) is 4.70. The van der Waals surface area contributed by atoms with Gasteiger partial charge in [-0.15, -0.1) is 0 Å². The molecule has 2 amide bonds. The Bertz CT molecular complexity index is 369. The van der Waals surface area contributed by atoms with E-state index in [1.807, 2.05) is 11.8 Å². The molecule has 2 atom stereocenters. The van der Waals surface area contributed by atoms with Crippen LogP contribution in [0.25, 0.3) is 0 Å². The highest BCUT2D eigenvalue weighted by Crippen LogP contribution is 2.25. The second kappa shape index (κ2) is 7.64. The Hall–Kier alpha value is -1.30. The van der Waals surface area contributed by atoms with Crippen LogP contribution >= 0.6 is 0 Å². The van der Waals surface area contributed by atoms with Gasteiger partial charge in [0.25, 0.3) is 0 Å². The van der Waals surface area contributed by atoms with Crippen LogP contribution in [0.2, 0.25) is 0 Å². The molecule has 1 aliphatic heterocycles. The average Bonchev–Trinajstić information content (AvgIpc) is 2.49. The molecule has 1 aliphatic carbocycles. The van der Waals surface area contributed by atoms with Crippen molar-refractivity contribution in [3.05, 3.63) is 0 Å². The first-order chi connectivity index (χ1) is 10.1. The number of aliphatic carboxylic acids is 1. The van der Waals surface area contributed by atoms with Crippen LogP contribution in [-0.2, 0) is 4.79 Å². The highest BCUT2D eigenvalue weighted by atomic mass is 16.4. The number of carboxylic acid groups (broad SMARTS) is 1. The van der Waals surface area contributed by atoms with Crippen molar-refractivity contribution in [2.24, 2.45) is 5.92 Å². The minimum Gasteiger partial charge on any atom is -0.481 e. The van der Waals surface area contributed by atoms with Gasteiger partial charge in [-0.1, -0.05) is 6.42 Å². The zero-order valence-corrected chi connectivity index (χ0v) is 12.8. The first kappa shape index (κ1) is 16.1. The lowest BCUT2D eigenvalue weighted by Gasteiger charge is -2.36. The molecule has 2 fully saturated rings. The molecular formula is C15H27N3O3. The van der Waals surface area contributed by atoms with Crippen molar-refractivity contribution in [2.75, 3.05) is 19.6 Å². The molecule has 2 unspecified atom stereocenters. The highest BCUT2D eigenvalue weighted by Gasteiger charge is 2.30. The first-order valence-corrected chi connectivity index (χ1v) is 8.12. The number of carboxylic acids is 1. The van der Waals surface area contributed by atoms with Gasteiger partial charge in [-0.05, 0) is 52.1 Å². The van der Waals surface area contributed by atoms with Gasteiger partial charge in [-0.3, -0.25) is 4.79 Å². The quantitative estimate of drug-likeness (QED) is 0.733. The lowest BCUT2D eigenvalue weighted by Crippen LogP contribution is -2.52. The molecule has 0 aromatic rings. The molecule has 0 spiro atoms. The summed E-state index contributed by atoms with van der Waals surface area (Å²) >= 11 is 0. The lowest BCUT2D eigenvalue weighted by atomic mass is 9.86. The number of carbonyl (C=O) groups is 2. The lowest BCUT2D eigenvalue weighted by molar-refractivity contribution is -0.143. The Morgan fingerprint density at radius 1 is 1.24 bits per heavy atom. The summed E-state index contributed by atoms with van der Waals surface area (Å²) in [5.74, 6) is -1.04. The predicted octanol–water partition coefficient (Wildman–Crippen LogP) is 1.41. The van der Waals surface area contributed by atoms with E-state index < -0.39 is 5.97 Å². The number of carbonyl (C=O) groups excluding carboxylic acids is 1. The highest BCUT2D eigenvalue weighted by molar-refractivity contribution is 5.75. The van der Waals surface area contributed by atoms with Crippen molar-refractivity contribution >= 4 is 12.0 Å². The fourth-order valence-corrected chi connectivity index (χ4v) is 3.49. The van der Waals surface area contributed by atoms with Crippen LogP contribution in [-0.4, -0.2) is 53.7 Å². The Morgan fingerprint density at radius 3 is 2.57 bits per heavy atom. The van der Waals surface area contributed by atoms with E-state index in [1.165, 1.54) is 0 Å². The van der Waals surface area contributed by atoms with Crippen LogP contribution in [0, 0.1) is 5.92 Å². The van der Waals surface area contributed by atoms with Gasteiger partial charge in [0.2, 0.25) is 0 Å². The SMILES string of the molecule is CCN(C(=O)NC1CCCC(C(=O)O)C1)C1CCNCC1. The Morgan fingerprint density at radius 2 is 1.95 bits per heavy atom. The van der Waals surface area contributed by atoms with Crippen LogP contribution in [0.4, 0.5) is 4.79 Å². The molecule has 2 aliphatic rings. The summed E-state index contributed by atoms with van der Waals surface area (Å²) in [6.45, 7) is 4.62. The van der Waals surface area contributed by atoms with E-state index in [0.717, 1.165) is 45.2 Å². The number of urea groups is 1. The van der Waals surface area contributed by atoms with Crippen LogP contribution in [0.1, 0.15) is 45.4 Å². The van der Waals surface area contributed by atoms with Crippen LogP contribution in [0.3, 0.4) is 0 Å². The molecule has 0 radical (unpaired) electrons. The predicted molar refractivity (Wildman–Crippen MR) is 80.2 cm³/mol. The molecule has 0 bridgehead atoms. The summed E-state index contributed by atoms with van der Waals surface area (Å²) in [4.78, 5) is 25.5. The van der Waals surface area contributed by atoms with E-state index in [0.29, 0.717) is 19.0 Å². The van der Waals surface area contributed by atoms with Gasteiger partial charge in [-0.2, -0.15) is 0 Å². The van der Waals surface area contributed by atoms with Gasteiger partial charge < -0.3 is 20.6 Å². The van der Waals surface area contributed by atoms with Crippen molar-refractivity contribution in [1.29, 1.82) is 0 Å². The summed E-state index contributed by atoms with van der Waals surface area (Å²) in [5.41, 5.74) is 0. The number of piperidine rings is 1. The molecule has 6 nitrogen and oxygen atoms in total. The largest absolute Gasteiger partial charge is 0.481 e. The topological polar surface area (TPSA) is 81.7 Å². The van der Waals surface area contributed by atoms with E-state index >= 15 is 0 Å². The molecule has 120 valence electrons. The van der Waals surface area contributed by atoms with Crippen molar-refractivity contribution in [1.82, 2.24) is 15.5 Å². The third-order valence-electron chi connectivity index (χ3n) is 4.70. The van der Waals surface area contributed by atoms with E-state index in [2.05, 4.69) is 10.6 Å². The summed E-state index contributed by atoms with van der Waals surface area (Å²) in [7, 11) is 0. The van der Waals surface area contributed by atoms with Gasteiger partial charge in [-0.25, -0.2) is 4.79 Å². The van der Waals surface area contributed by atoms with Gasteiger partial charge in [0, 0.05) is 18.6 Å². The molecule has 1 heterocycles. The fraction of sp³-hybridized carbons (Fsp3) is 0.867. The zero-order valence-electron chi connectivity index (χ0n) is 12.8. The van der Waals surface area contributed by atoms with Gasteiger partial charge >= 0.3 is 12.0 Å². The molecular weight excluding hydrogens is 270 g/mol. The normalized spacial score (nSPS) is 27.1. The summed E-state index contributed by atoms with van der Waals surface area (Å²) in [6.07, 6.45) is 5.03. The van der Waals surface area contributed by atoms with Gasteiger partial charge in [0.1, 0.15) is 0 Å². The summed E-state index contributed by atoms with van der Waals surface area (Å²) < 4.78 is 0. The van der Waals surface area contributed by atoms with Gasteiger partial charge in [0.15, 0.2) is 0 Å². The second-order valence-corrected chi connectivity index (χ2v) is 6.12. The van der Waals surface area contributed by atoms with Crippen LogP contribution < -0.4 is 10.6 Å². The van der Waals surface area contributed by atoms with E-state index in [9.17, 15) is 9.59 Å². The van der Waals surface area contributed by atoms with Crippen LogP contribution in [0.5, 0.6) is 0 Å². The number of amides is 2. The Balaban J connectivity index is 1.87. The maximum absolute atomic E-state index is 12.5. The van der Waals surface area contributed by atoms with Gasteiger partial charge in [0.05, 0.1) is 5.92 Å². The fourth-order valence-electron chi connectivity index (χ4n) is 3.49. The average molecular weight is 297 g/mol. The molecule has 0 aromatic heterocycles. The molecule has 6 heteroatoms. The smallest absolute Gasteiger partial charge is 0.317 e. The second-order valence-electron chi connectivity index (χ2n) is 6.12. The summed E-state index contributed by atoms with van der Waals surface area (Å²) in [5, 5.41) is 15.5. The van der Waals surface area contributed by atoms with E-state index in [-0.39, 0.29) is 18.0 Å². The maximum atomic E-state index is 12.5. The molecule has 1 saturated carbocycles. The monoisotopic (exact) mass is 297 g/mol. The minimum absolute atomic E-state index is 0.00288. The zero-order chi connectivity index (χ0) is 15.2. The number of nitrogens with one attached hydrogen (secondary N) is 2. The van der Waals surface area contributed by atoms with Crippen molar-refractivity contribution < 1.29 is 14.7 Å². The van der Waals surface area contributed by atoms with E-state index in [1.54, 1.807) is 0 Å². The standard InChI is InChI=1S/C15H27N3O3/c1-2-18(13-6-8-16-9-7-13)15(21)17-12-5-3-4-11(10-12)14(19)20/h11-13,16H,2-10H2,1H3,(H,17,21)(H,19,20). The van der Waals surface area contributed by atoms with Crippen molar-refractivity contribution in [2.45, 2.75) is 57.5 Å². The Kier molecular flexibility index (Phi) is 5.85. The first-order valence-electron chi connectivity index (χ1n) is 8.12. The molecule has 0 aromatic carbocycles. The summed E-state index contributed by atoms with van der Waals surface area (Å²) in [6, 6.07) is 0.277. The Labute approximate surface area is 126 Å². The van der Waals surface area contributed by atoms with Crippen LogP contribution in [0.15, 0.2) is 0 Å².